The van der Waals surface area contributed by atoms with E-state index in [0.29, 0.717) is 42.7 Å². The number of thioether (sulfide) groups is 1. The molecule has 4 aromatic rings. The fourth-order valence-electron chi connectivity index (χ4n) is 4.73. The van der Waals surface area contributed by atoms with Crippen LogP contribution >= 0.6 is 34.7 Å². The molecule has 0 aliphatic carbocycles. The number of halogens is 1. The maximum Gasteiger partial charge on any atom is 0.338 e. The van der Waals surface area contributed by atoms with Crippen molar-refractivity contribution < 1.29 is 19.0 Å². The summed E-state index contributed by atoms with van der Waals surface area (Å²) in [6, 6.07) is 20.0. The molecule has 7 nitrogen and oxygen atoms in total. The molecule has 3 aromatic carbocycles. The molecule has 2 aliphatic heterocycles. The Morgan fingerprint density at radius 1 is 1.15 bits per heavy atom. The van der Waals surface area contributed by atoms with Gasteiger partial charge in [-0.05, 0) is 48.6 Å². The van der Waals surface area contributed by atoms with Crippen LogP contribution in [0.1, 0.15) is 29.7 Å². The number of thiazole rings is 1. The highest BCUT2D eigenvalue weighted by Gasteiger charge is 2.35. The Morgan fingerprint density at radius 3 is 2.58 bits per heavy atom. The predicted molar refractivity (Wildman–Crippen MR) is 157 cm³/mol. The van der Waals surface area contributed by atoms with E-state index in [1.165, 1.54) is 11.3 Å². The highest BCUT2D eigenvalue weighted by Crippen LogP contribution is 2.38. The lowest BCUT2D eigenvalue weighted by Gasteiger charge is -2.26. The van der Waals surface area contributed by atoms with Crippen LogP contribution in [0.4, 0.5) is 0 Å². The summed E-state index contributed by atoms with van der Waals surface area (Å²) >= 11 is 9.38. The number of fused-ring (bicyclic) bond motifs is 2. The van der Waals surface area contributed by atoms with E-state index < -0.39 is 12.0 Å². The number of ether oxygens (including phenoxy) is 3. The first-order valence-corrected chi connectivity index (χ1v) is 14.9. The summed E-state index contributed by atoms with van der Waals surface area (Å²) in [6.07, 6.45) is 3.72. The van der Waals surface area contributed by atoms with Crippen LogP contribution in [0.5, 0.6) is 11.5 Å². The van der Waals surface area contributed by atoms with Crippen molar-refractivity contribution >= 4 is 52.4 Å². The van der Waals surface area contributed by atoms with Gasteiger partial charge in [0.15, 0.2) is 16.3 Å². The zero-order valence-corrected chi connectivity index (χ0v) is 23.9. The number of hydrogen-bond donors (Lipinski definition) is 0. The Hall–Kier alpha value is -3.79. The third kappa shape index (κ3) is 4.74. The van der Waals surface area contributed by atoms with E-state index in [-0.39, 0.29) is 19.0 Å². The van der Waals surface area contributed by atoms with E-state index in [9.17, 15) is 9.59 Å². The van der Waals surface area contributed by atoms with Crippen LogP contribution in [0.25, 0.3) is 11.8 Å². The molecule has 0 amide bonds. The topological polar surface area (TPSA) is 79.1 Å². The highest BCUT2D eigenvalue weighted by atomic mass is 35.5. The number of esters is 1. The van der Waals surface area contributed by atoms with Gasteiger partial charge in [0.1, 0.15) is 0 Å². The molecule has 202 valence electrons. The average molecular weight is 591 g/mol. The Balaban J connectivity index is 1.62. The Kier molecular flexibility index (Phi) is 7.27. The van der Waals surface area contributed by atoms with E-state index in [2.05, 4.69) is 0 Å². The van der Waals surface area contributed by atoms with E-state index >= 15 is 0 Å². The van der Waals surface area contributed by atoms with Gasteiger partial charge in [-0.2, -0.15) is 0 Å². The third-order valence-electron chi connectivity index (χ3n) is 6.58. The Labute approximate surface area is 243 Å². The van der Waals surface area contributed by atoms with Gasteiger partial charge in [-0.25, -0.2) is 9.79 Å². The summed E-state index contributed by atoms with van der Waals surface area (Å²) in [5.74, 6) is 0.604. The lowest BCUT2D eigenvalue weighted by atomic mass is 9.93. The van der Waals surface area contributed by atoms with E-state index in [0.717, 1.165) is 16.0 Å². The van der Waals surface area contributed by atoms with Gasteiger partial charge in [-0.15, -0.1) is 11.8 Å². The molecule has 0 fully saturated rings. The molecule has 2 aliphatic rings. The van der Waals surface area contributed by atoms with Gasteiger partial charge in [0.2, 0.25) is 6.79 Å². The average Bonchev–Trinajstić information content (AvgIpc) is 3.56. The minimum Gasteiger partial charge on any atom is -0.463 e. The molecule has 0 spiro atoms. The van der Waals surface area contributed by atoms with Crippen molar-refractivity contribution in [3.63, 3.8) is 0 Å². The maximum atomic E-state index is 14.0. The summed E-state index contributed by atoms with van der Waals surface area (Å²) in [5.41, 5.74) is 2.65. The Morgan fingerprint density at radius 2 is 1.88 bits per heavy atom. The summed E-state index contributed by atoms with van der Waals surface area (Å²) in [6.45, 7) is 2.06. The number of benzene rings is 3. The predicted octanol–water partition coefficient (Wildman–Crippen LogP) is 5.04. The zero-order valence-electron chi connectivity index (χ0n) is 21.5. The van der Waals surface area contributed by atoms with Crippen LogP contribution in [-0.2, 0) is 9.53 Å². The minimum absolute atomic E-state index is 0.117. The molecular formula is C30H23ClN2O5S2. The van der Waals surface area contributed by atoms with Crippen molar-refractivity contribution in [1.29, 1.82) is 0 Å². The maximum absolute atomic E-state index is 14.0. The normalized spacial score (nSPS) is 16.1. The lowest BCUT2D eigenvalue weighted by Crippen LogP contribution is -2.40. The van der Waals surface area contributed by atoms with Crippen molar-refractivity contribution in [2.75, 3.05) is 19.7 Å². The van der Waals surface area contributed by atoms with Gasteiger partial charge >= 0.3 is 5.97 Å². The highest BCUT2D eigenvalue weighted by molar-refractivity contribution is 7.98. The SMILES string of the molecule is CCOC(=O)C1=C(c2ccccc2)N=c2sc(=Cc3cc4c(cc3Cl)OCO4)c(=O)n2[C@@H]1c1ccc(SC)cc1. The fraction of sp³-hybridized carbons (Fsp3) is 0.167. The molecule has 0 N–H and O–H groups in total. The number of nitrogens with zero attached hydrogens (tertiary/aromatic N) is 2. The van der Waals surface area contributed by atoms with E-state index in [1.54, 1.807) is 41.5 Å². The molecule has 0 unspecified atom stereocenters. The molecule has 1 aromatic heterocycles. The summed E-state index contributed by atoms with van der Waals surface area (Å²) in [7, 11) is 0. The van der Waals surface area contributed by atoms with Crippen molar-refractivity contribution in [3.05, 3.63) is 114 Å². The summed E-state index contributed by atoms with van der Waals surface area (Å²) in [5, 5.41) is 0.427. The first-order valence-electron chi connectivity index (χ1n) is 12.5. The van der Waals surface area contributed by atoms with Crippen molar-refractivity contribution in [3.8, 4) is 11.5 Å². The summed E-state index contributed by atoms with van der Waals surface area (Å²) in [4.78, 5) is 34.0. The molecule has 3 heterocycles. The lowest BCUT2D eigenvalue weighted by molar-refractivity contribution is -0.138. The van der Waals surface area contributed by atoms with E-state index in [1.807, 2.05) is 60.9 Å². The molecule has 10 heteroatoms. The second kappa shape index (κ2) is 11.0. The van der Waals surface area contributed by atoms with Gasteiger partial charge in [-0.3, -0.25) is 9.36 Å². The van der Waals surface area contributed by atoms with Crippen molar-refractivity contribution in [2.24, 2.45) is 4.99 Å². The monoisotopic (exact) mass is 590 g/mol. The summed E-state index contributed by atoms with van der Waals surface area (Å²) < 4.78 is 18.4. The van der Waals surface area contributed by atoms with Crippen LogP contribution < -0.4 is 24.4 Å². The van der Waals surface area contributed by atoms with Crippen LogP contribution in [0, 0.1) is 0 Å². The largest absolute Gasteiger partial charge is 0.463 e. The second-order valence-corrected chi connectivity index (χ2v) is 11.2. The first-order chi connectivity index (χ1) is 19.5. The molecule has 0 saturated carbocycles. The molecule has 1 atom stereocenters. The number of aromatic nitrogens is 1. The van der Waals surface area contributed by atoms with E-state index in [4.69, 9.17) is 30.8 Å². The number of carbonyl (C=O) groups excluding carboxylic acids is 1. The molecule has 6 rings (SSSR count). The molecule has 0 bridgehead atoms. The number of hydrogen-bond acceptors (Lipinski definition) is 8. The van der Waals surface area contributed by atoms with Crippen LogP contribution in [0.3, 0.4) is 0 Å². The zero-order chi connectivity index (χ0) is 27.8. The van der Waals surface area contributed by atoms with Gasteiger partial charge < -0.3 is 14.2 Å². The van der Waals surface area contributed by atoms with Crippen LogP contribution in [-0.4, -0.2) is 30.2 Å². The Bertz CT molecular complexity index is 1830. The minimum atomic E-state index is -0.740. The van der Waals surface area contributed by atoms with Crippen LogP contribution in [0.15, 0.2) is 87.0 Å². The van der Waals surface area contributed by atoms with Gasteiger partial charge in [-0.1, -0.05) is 65.4 Å². The van der Waals surface area contributed by atoms with Gasteiger partial charge in [0.05, 0.1) is 33.5 Å². The fourth-order valence-corrected chi connectivity index (χ4v) is 6.34. The standard InChI is InChI=1S/C30H23ClN2O5S2/c1-3-36-29(35)25-26(17-7-5-4-6-8-17)32-30-33(27(25)18-9-11-20(39-2)12-10-18)28(34)24(40-30)14-19-13-22-23(15-21(19)31)38-16-37-22/h4-15,27H,3,16H2,1-2H3/t27-/m1/s1. The van der Waals surface area contributed by atoms with Crippen molar-refractivity contribution in [2.45, 2.75) is 17.9 Å². The number of rotatable bonds is 6. The molecule has 40 heavy (non-hydrogen) atoms. The molecule has 0 saturated heterocycles. The third-order valence-corrected chi connectivity index (χ3v) is 8.64. The molecule has 0 radical (unpaired) electrons. The second-order valence-electron chi connectivity index (χ2n) is 8.93. The van der Waals surface area contributed by atoms with Gasteiger partial charge in [0, 0.05) is 16.5 Å². The molecular weight excluding hydrogens is 568 g/mol. The number of carbonyl (C=O) groups is 1. The smallest absolute Gasteiger partial charge is 0.338 e. The van der Waals surface area contributed by atoms with Gasteiger partial charge in [0.25, 0.3) is 5.56 Å². The quantitative estimate of drug-likeness (QED) is 0.231. The van der Waals surface area contributed by atoms with Crippen LogP contribution in [0.2, 0.25) is 5.02 Å². The first kappa shape index (κ1) is 26.4. The van der Waals surface area contributed by atoms with Crippen molar-refractivity contribution in [1.82, 2.24) is 4.57 Å².